The quantitative estimate of drug-likeness (QED) is 0.218. The van der Waals surface area contributed by atoms with Gasteiger partial charge in [-0.15, -0.1) is 0 Å². The standard InChI is InChI=1S/C26H30N2O6S/c1-17-23(26(30)33-14-9-15-35-19(3)29)24(25(28(31)32)18(2)27-17)21-12-7-8-13-22(21)34-16-20-10-5-4-6-11-20/h4-8,10-13,17,23-24,27H,9,14-16H2,1-3H3. The molecular formula is C26H30N2O6S. The van der Waals surface area contributed by atoms with Crippen LogP contribution in [0.1, 0.15) is 44.2 Å². The van der Waals surface area contributed by atoms with Gasteiger partial charge in [0.05, 0.1) is 29.1 Å². The van der Waals surface area contributed by atoms with Crippen LogP contribution in [0.15, 0.2) is 66.0 Å². The van der Waals surface area contributed by atoms with Crippen molar-refractivity contribution in [1.82, 2.24) is 5.32 Å². The zero-order valence-electron chi connectivity index (χ0n) is 20.1. The summed E-state index contributed by atoms with van der Waals surface area (Å²) in [4.78, 5) is 36.1. The zero-order chi connectivity index (χ0) is 25.4. The van der Waals surface area contributed by atoms with Gasteiger partial charge in [0.15, 0.2) is 5.12 Å². The third-order valence-electron chi connectivity index (χ3n) is 5.82. The van der Waals surface area contributed by atoms with Crippen molar-refractivity contribution >= 4 is 22.8 Å². The Labute approximate surface area is 209 Å². The molecule has 9 heteroatoms. The number of hydrogen-bond acceptors (Lipinski definition) is 8. The third-order valence-corrected chi connectivity index (χ3v) is 6.72. The molecule has 1 aliphatic rings. The van der Waals surface area contributed by atoms with Gasteiger partial charge in [0.2, 0.25) is 0 Å². The van der Waals surface area contributed by atoms with Crippen LogP contribution in [0.5, 0.6) is 5.75 Å². The second kappa shape index (κ2) is 12.4. The maximum atomic E-state index is 13.2. The summed E-state index contributed by atoms with van der Waals surface area (Å²) >= 11 is 1.17. The molecule has 2 aromatic carbocycles. The Morgan fingerprint density at radius 1 is 1.11 bits per heavy atom. The van der Waals surface area contributed by atoms with Gasteiger partial charge >= 0.3 is 5.97 Å². The van der Waals surface area contributed by atoms with E-state index >= 15 is 0 Å². The number of nitrogens with zero attached hydrogens (tertiary/aromatic N) is 1. The van der Waals surface area contributed by atoms with Gasteiger partial charge in [-0.2, -0.15) is 0 Å². The van der Waals surface area contributed by atoms with E-state index in [-0.39, 0.29) is 24.0 Å². The number of carbonyl (C=O) groups excluding carboxylic acids is 2. The lowest BCUT2D eigenvalue weighted by Crippen LogP contribution is -2.47. The molecule has 3 rings (SSSR count). The summed E-state index contributed by atoms with van der Waals surface area (Å²) in [7, 11) is 0. The molecule has 0 saturated carbocycles. The SMILES string of the molecule is CC(=O)SCCCOC(=O)C1C(C)NC(C)=C([N+](=O)[O-])C1c1ccccc1OCc1ccccc1. The first-order valence-corrected chi connectivity index (χ1v) is 12.5. The second-order valence-corrected chi connectivity index (χ2v) is 9.65. The Bertz CT molecular complexity index is 1090. The van der Waals surface area contributed by atoms with Crippen molar-refractivity contribution in [3.05, 3.63) is 87.2 Å². The molecule has 0 saturated heterocycles. The predicted octanol–water partition coefficient (Wildman–Crippen LogP) is 4.68. The summed E-state index contributed by atoms with van der Waals surface area (Å²) in [5.74, 6) is -1.18. The molecule has 0 bridgehead atoms. The van der Waals surface area contributed by atoms with Gasteiger partial charge in [0.1, 0.15) is 12.4 Å². The lowest BCUT2D eigenvalue weighted by molar-refractivity contribution is -0.434. The molecule has 1 aliphatic heterocycles. The van der Waals surface area contributed by atoms with E-state index in [9.17, 15) is 19.7 Å². The van der Waals surface area contributed by atoms with Crippen LogP contribution in [0, 0.1) is 16.0 Å². The average Bonchev–Trinajstić information content (AvgIpc) is 2.82. The van der Waals surface area contributed by atoms with E-state index in [1.807, 2.05) is 37.3 Å². The van der Waals surface area contributed by atoms with Crippen LogP contribution in [0.3, 0.4) is 0 Å². The molecule has 35 heavy (non-hydrogen) atoms. The van der Waals surface area contributed by atoms with Crippen LogP contribution >= 0.6 is 11.8 Å². The molecule has 3 unspecified atom stereocenters. The molecule has 1 heterocycles. The molecule has 2 aromatic rings. The number of para-hydroxylation sites is 1. The van der Waals surface area contributed by atoms with Crippen molar-refractivity contribution < 1.29 is 24.0 Å². The van der Waals surface area contributed by atoms with E-state index in [1.54, 1.807) is 31.2 Å². The minimum atomic E-state index is -0.854. The van der Waals surface area contributed by atoms with E-state index in [0.29, 0.717) is 29.2 Å². The summed E-state index contributed by atoms with van der Waals surface area (Å²) in [6, 6.07) is 16.3. The van der Waals surface area contributed by atoms with E-state index in [0.717, 1.165) is 5.56 Å². The maximum absolute atomic E-state index is 13.2. The van der Waals surface area contributed by atoms with E-state index in [2.05, 4.69) is 5.32 Å². The lowest BCUT2D eigenvalue weighted by Gasteiger charge is -2.35. The number of nitrogens with one attached hydrogen (secondary N) is 1. The molecule has 0 aromatic heterocycles. The minimum Gasteiger partial charge on any atom is -0.489 e. The van der Waals surface area contributed by atoms with Crippen LogP contribution in [0.4, 0.5) is 0 Å². The highest BCUT2D eigenvalue weighted by atomic mass is 32.2. The number of allylic oxidation sites excluding steroid dienone is 2. The lowest BCUT2D eigenvalue weighted by atomic mass is 9.76. The van der Waals surface area contributed by atoms with Gasteiger partial charge < -0.3 is 14.8 Å². The summed E-state index contributed by atoms with van der Waals surface area (Å²) in [5, 5.41) is 15.2. The summed E-state index contributed by atoms with van der Waals surface area (Å²) < 4.78 is 11.6. The third kappa shape index (κ3) is 6.85. The van der Waals surface area contributed by atoms with Crippen LogP contribution in [0.2, 0.25) is 0 Å². The van der Waals surface area contributed by atoms with Crippen molar-refractivity contribution in [2.24, 2.45) is 5.92 Å². The molecule has 8 nitrogen and oxygen atoms in total. The minimum absolute atomic E-state index is 0.00448. The fraction of sp³-hybridized carbons (Fsp3) is 0.385. The second-order valence-electron chi connectivity index (χ2n) is 8.38. The topological polar surface area (TPSA) is 108 Å². The van der Waals surface area contributed by atoms with E-state index in [1.165, 1.54) is 18.7 Å². The predicted molar refractivity (Wildman–Crippen MR) is 134 cm³/mol. The van der Waals surface area contributed by atoms with Gasteiger partial charge in [-0.1, -0.05) is 60.3 Å². The number of hydrogen-bond donors (Lipinski definition) is 1. The zero-order valence-corrected chi connectivity index (χ0v) is 20.9. The van der Waals surface area contributed by atoms with Crippen molar-refractivity contribution in [3.8, 4) is 5.75 Å². The molecule has 0 spiro atoms. The summed E-state index contributed by atoms with van der Waals surface area (Å²) in [6.45, 7) is 5.38. The van der Waals surface area contributed by atoms with E-state index in [4.69, 9.17) is 9.47 Å². The summed E-state index contributed by atoms with van der Waals surface area (Å²) in [6.07, 6.45) is 0.517. The highest BCUT2D eigenvalue weighted by molar-refractivity contribution is 8.13. The Hall–Kier alpha value is -3.33. The van der Waals surface area contributed by atoms with Gasteiger partial charge in [-0.3, -0.25) is 19.7 Å². The van der Waals surface area contributed by atoms with Gasteiger partial charge in [0.25, 0.3) is 5.70 Å². The first kappa shape index (κ1) is 26.3. The smallest absolute Gasteiger partial charge is 0.312 e. The van der Waals surface area contributed by atoms with Crippen molar-refractivity contribution in [1.29, 1.82) is 0 Å². The molecule has 186 valence electrons. The normalized spacial score (nSPS) is 19.6. The molecule has 0 fully saturated rings. The molecular weight excluding hydrogens is 468 g/mol. The number of carbonyl (C=O) groups is 2. The number of nitro groups is 1. The molecule has 0 aliphatic carbocycles. The summed E-state index contributed by atoms with van der Waals surface area (Å²) in [5.41, 5.74) is 1.86. The number of rotatable bonds is 10. The van der Waals surface area contributed by atoms with Gasteiger partial charge in [-0.25, -0.2) is 0 Å². The fourth-order valence-electron chi connectivity index (χ4n) is 4.28. The van der Waals surface area contributed by atoms with Crippen molar-refractivity contribution in [3.63, 3.8) is 0 Å². The fourth-order valence-corrected chi connectivity index (χ4v) is 4.83. The Morgan fingerprint density at radius 3 is 2.49 bits per heavy atom. The Morgan fingerprint density at radius 2 is 1.80 bits per heavy atom. The maximum Gasteiger partial charge on any atom is 0.312 e. The van der Waals surface area contributed by atoms with Gasteiger partial charge in [0, 0.05) is 24.3 Å². The first-order chi connectivity index (χ1) is 16.8. The van der Waals surface area contributed by atoms with E-state index < -0.39 is 28.8 Å². The van der Waals surface area contributed by atoms with Crippen molar-refractivity contribution in [2.75, 3.05) is 12.4 Å². The first-order valence-electron chi connectivity index (χ1n) is 11.5. The number of esters is 1. The number of ether oxygens (including phenoxy) is 2. The molecule has 0 radical (unpaired) electrons. The average molecular weight is 499 g/mol. The van der Waals surface area contributed by atoms with Crippen LogP contribution in [0.25, 0.3) is 0 Å². The Balaban J connectivity index is 1.90. The highest BCUT2D eigenvalue weighted by Crippen LogP contribution is 2.43. The van der Waals surface area contributed by atoms with Gasteiger partial charge in [-0.05, 0) is 31.9 Å². The molecule has 3 atom stereocenters. The highest BCUT2D eigenvalue weighted by Gasteiger charge is 2.48. The van der Waals surface area contributed by atoms with Crippen LogP contribution < -0.4 is 10.1 Å². The van der Waals surface area contributed by atoms with Crippen LogP contribution in [-0.4, -0.2) is 34.4 Å². The number of benzene rings is 2. The van der Waals surface area contributed by atoms with Crippen LogP contribution in [-0.2, 0) is 20.9 Å². The number of thioether (sulfide) groups is 1. The Kier molecular flexibility index (Phi) is 9.31. The molecule has 1 N–H and O–H groups in total. The molecule has 0 amide bonds. The van der Waals surface area contributed by atoms with Crippen molar-refractivity contribution in [2.45, 2.75) is 45.8 Å². The monoisotopic (exact) mass is 498 g/mol. The largest absolute Gasteiger partial charge is 0.489 e.